The molecule has 0 fully saturated rings. The summed E-state index contributed by atoms with van der Waals surface area (Å²) >= 11 is 6.18. The summed E-state index contributed by atoms with van der Waals surface area (Å²) in [6.07, 6.45) is 1.86. The zero-order valence-electron chi connectivity index (χ0n) is 17.8. The highest BCUT2D eigenvalue weighted by Gasteiger charge is 2.35. The molecule has 0 spiro atoms. The second kappa shape index (κ2) is 8.60. The van der Waals surface area contributed by atoms with Gasteiger partial charge in [-0.2, -0.15) is 0 Å². The molecule has 1 aromatic heterocycles. The summed E-state index contributed by atoms with van der Waals surface area (Å²) in [6.45, 7) is 2.14. The van der Waals surface area contributed by atoms with E-state index in [9.17, 15) is 4.79 Å². The maximum absolute atomic E-state index is 13.2. The quantitative estimate of drug-likeness (QED) is 0.278. The summed E-state index contributed by atoms with van der Waals surface area (Å²) in [7, 11) is 0. The van der Waals surface area contributed by atoms with Crippen LogP contribution in [0, 0.1) is 0 Å². The molecule has 4 aromatic rings. The lowest BCUT2D eigenvalue weighted by Gasteiger charge is -2.22. The molecule has 1 aliphatic rings. The van der Waals surface area contributed by atoms with Gasteiger partial charge in [-0.15, -0.1) is 4.57 Å². The molecule has 5 rings (SSSR count). The largest absolute Gasteiger partial charge is 0.458 e. The number of hydrogen-bond donors (Lipinski definition) is 0. The number of ether oxygens (including phenoxy) is 1. The Balaban J connectivity index is 1.90. The van der Waals surface area contributed by atoms with Crippen molar-refractivity contribution in [3.05, 3.63) is 107 Å². The minimum Gasteiger partial charge on any atom is -0.458 e. The SMILES string of the molecule is CCOC(=O)c1cc(-c2ccccc2)c2c([n+]1-c1ccc(Cl)cc1)-c1ccccc1CC2. The number of pyridine rings is 1. The van der Waals surface area contributed by atoms with Crippen molar-refractivity contribution in [2.24, 2.45) is 0 Å². The molecule has 0 unspecified atom stereocenters. The van der Waals surface area contributed by atoms with Crippen LogP contribution in [0.15, 0.2) is 84.9 Å². The minimum absolute atomic E-state index is 0.313. The molecular weight excluding hydrogens is 418 g/mol. The summed E-state index contributed by atoms with van der Waals surface area (Å²) in [6, 6.07) is 28.3. The first-order chi connectivity index (χ1) is 15.7. The molecule has 3 nitrogen and oxygen atoms in total. The Labute approximate surface area is 192 Å². The zero-order valence-corrected chi connectivity index (χ0v) is 18.6. The van der Waals surface area contributed by atoms with E-state index in [0.29, 0.717) is 17.3 Å². The van der Waals surface area contributed by atoms with E-state index in [4.69, 9.17) is 16.3 Å². The molecule has 0 amide bonds. The van der Waals surface area contributed by atoms with E-state index >= 15 is 0 Å². The number of aryl methyl sites for hydroxylation is 1. The van der Waals surface area contributed by atoms with Crippen molar-refractivity contribution in [1.29, 1.82) is 0 Å². The molecule has 0 saturated heterocycles. The monoisotopic (exact) mass is 440 g/mol. The lowest BCUT2D eigenvalue weighted by Crippen LogP contribution is -2.43. The third kappa shape index (κ3) is 3.59. The van der Waals surface area contributed by atoms with Crippen LogP contribution in [-0.2, 0) is 17.6 Å². The molecule has 0 atom stereocenters. The molecule has 0 N–H and O–H groups in total. The fourth-order valence-corrected chi connectivity index (χ4v) is 4.65. The van der Waals surface area contributed by atoms with E-state index in [2.05, 4.69) is 36.4 Å². The van der Waals surface area contributed by atoms with E-state index < -0.39 is 0 Å². The second-order valence-corrected chi connectivity index (χ2v) is 8.26. The number of carbonyl (C=O) groups is 1. The van der Waals surface area contributed by atoms with Gasteiger partial charge in [-0.3, -0.25) is 0 Å². The second-order valence-electron chi connectivity index (χ2n) is 7.83. The smallest absolute Gasteiger partial charge is 0.404 e. The van der Waals surface area contributed by atoms with Gasteiger partial charge in [-0.1, -0.05) is 60.1 Å². The van der Waals surface area contributed by atoms with Gasteiger partial charge in [0.2, 0.25) is 11.4 Å². The fraction of sp³-hybridized carbons (Fsp3) is 0.143. The standard InChI is InChI=1S/C28H23ClNO2/c1-2-32-28(31)26-18-25(19-8-4-3-5-9-19)24-17-12-20-10-6-7-11-23(20)27(24)30(26)22-15-13-21(29)14-16-22/h3-11,13-16,18H,2,12,17H2,1H3/q+1. The van der Waals surface area contributed by atoms with E-state index in [1.165, 1.54) is 11.1 Å². The zero-order chi connectivity index (χ0) is 22.1. The number of benzene rings is 3. The van der Waals surface area contributed by atoms with Gasteiger partial charge >= 0.3 is 5.97 Å². The van der Waals surface area contributed by atoms with Gasteiger partial charge in [-0.05, 0) is 54.7 Å². The van der Waals surface area contributed by atoms with Crippen molar-refractivity contribution >= 4 is 17.6 Å². The Kier molecular flexibility index (Phi) is 5.50. The summed E-state index contributed by atoms with van der Waals surface area (Å²) < 4.78 is 7.53. The van der Waals surface area contributed by atoms with E-state index in [1.807, 2.05) is 60.0 Å². The lowest BCUT2D eigenvalue weighted by atomic mass is 9.84. The van der Waals surface area contributed by atoms with Crippen molar-refractivity contribution in [1.82, 2.24) is 0 Å². The lowest BCUT2D eigenvalue weighted by molar-refractivity contribution is -0.587. The Hall–Kier alpha value is -3.43. The summed E-state index contributed by atoms with van der Waals surface area (Å²) in [5, 5.41) is 0.655. The summed E-state index contributed by atoms with van der Waals surface area (Å²) in [4.78, 5) is 13.2. The Morgan fingerprint density at radius 1 is 0.906 bits per heavy atom. The van der Waals surface area contributed by atoms with Gasteiger partial charge in [0.15, 0.2) is 0 Å². The molecule has 32 heavy (non-hydrogen) atoms. The summed E-state index contributed by atoms with van der Waals surface area (Å²) in [5.74, 6) is -0.342. The molecule has 0 aliphatic heterocycles. The summed E-state index contributed by atoms with van der Waals surface area (Å²) in [5.41, 5.74) is 8.25. The maximum atomic E-state index is 13.2. The minimum atomic E-state index is -0.342. The normalized spacial score (nSPS) is 12.1. The highest BCUT2D eigenvalue weighted by atomic mass is 35.5. The van der Waals surface area contributed by atoms with Crippen molar-refractivity contribution in [2.75, 3.05) is 6.61 Å². The van der Waals surface area contributed by atoms with Crippen LogP contribution < -0.4 is 4.57 Å². The van der Waals surface area contributed by atoms with Crippen LogP contribution in [0.1, 0.15) is 28.5 Å². The van der Waals surface area contributed by atoms with Crippen LogP contribution in [0.2, 0.25) is 5.02 Å². The first-order valence-electron chi connectivity index (χ1n) is 10.9. The van der Waals surface area contributed by atoms with Gasteiger partial charge in [0, 0.05) is 28.8 Å². The van der Waals surface area contributed by atoms with Crippen LogP contribution in [-0.4, -0.2) is 12.6 Å². The topological polar surface area (TPSA) is 30.2 Å². The number of carbonyl (C=O) groups excluding carboxylic acids is 1. The molecule has 158 valence electrons. The molecular formula is C28H23ClNO2+. The number of aromatic nitrogens is 1. The van der Waals surface area contributed by atoms with Crippen LogP contribution in [0.4, 0.5) is 0 Å². The average molecular weight is 441 g/mol. The van der Waals surface area contributed by atoms with E-state index in [0.717, 1.165) is 40.9 Å². The molecule has 0 saturated carbocycles. The molecule has 0 radical (unpaired) electrons. The van der Waals surface area contributed by atoms with Crippen molar-refractivity contribution in [3.8, 4) is 28.1 Å². The highest BCUT2D eigenvalue weighted by molar-refractivity contribution is 6.30. The predicted molar refractivity (Wildman–Crippen MR) is 127 cm³/mol. The number of rotatable bonds is 4. The first-order valence-corrected chi connectivity index (χ1v) is 11.2. The van der Waals surface area contributed by atoms with E-state index in [-0.39, 0.29) is 5.97 Å². The maximum Gasteiger partial charge on any atom is 0.404 e. The van der Waals surface area contributed by atoms with Gasteiger partial charge in [0.05, 0.1) is 12.2 Å². The molecule has 0 bridgehead atoms. The predicted octanol–water partition coefficient (Wildman–Crippen LogP) is 6.23. The Morgan fingerprint density at radius 3 is 2.38 bits per heavy atom. The van der Waals surface area contributed by atoms with Crippen molar-refractivity contribution in [3.63, 3.8) is 0 Å². The number of hydrogen-bond acceptors (Lipinski definition) is 2. The van der Waals surface area contributed by atoms with Gasteiger partial charge < -0.3 is 4.74 Å². The van der Waals surface area contributed by atoms with E-state index in [1.54, 1.807) is 0 Å². The molecule has 4 heteroatoms. The van der Waals surface area contributed by atoms with Crippen LogP contribution >= 0.6 is 11.6 Å². The third-order valence-corrected chi connectivity index (χ3v) is 6.18. The molecule has 1 heterocycles. The van der Waals surface area contributed by atoms with Crippen LogP contribution in [0.5, 0.6) is 0 Å². The Bertz CT molecular complexity index is 1300. The van der Waals surface area contributed by atoms with Gasteiger partial charge in [-0.25, -0.2) is 4.79 Å². The third-order valence-electron chi connectivity index (χ3n) is 5.93. The van der Waals surface area contributed by atoms with Gasteiger partial charge in [0.1, 0.15) is 0 Å². The Morgan fingerprint density at radius 2 is 1.62 bits per heavy atom. The van der Waals surface area contributed by atoms with Gasteiger partial charge in [0.25, 0.3) is 5.69 Å². The number of nitrogens with zero attached hydrogens (tertiary/aromatic N) is 1. The average Bonchev–Trinajstić information content (AvgIpc) is 2.84. The fourth-order valence-electron chi connectivity index (χ4n) is 4.53. The molecule has 1 aliphatic carbocycles. The number of fused-ring (bicyclic) bond motifs is 3. The van der Waals surface area contributed by atoms with Crippen molar-refractivity contribution < 1.29 is 14.1 Å². The van der Waals surface area contributed by atoms with Crippen molar-refractivity contribution in [2.45, 2.75) is 19.8 Å². The van der Waals surface area contributed by atoms with Crippen LogP contribution in [0.3, 0.4) is 0 Å². The van der Waals surface area contributed by atoms with Crippen LogP contribution in [0.25, 0.3) is 28.1 Å². The molecule has 3 aromatic carbocycles. The number of esters is 1. The first kappa shape index (κ1) is 20.5. The number of halogens is 1. The highest BCUT2D eigenvalue weighted by Crippen LogP contribution is 2.38.